The van der Waals surface area contributed by atoms with Crippen molar-refractivity contribution in [3.8, 4) is 0 Å². The van der Waals surface area contributed by atoms with Gasteiger partial charge in [0.25, 0.3) is 0 Å². The highest BCUT2D eigenvalue weighted by atomic mass is 19.1. The van der Waals surface area contributed by atoms with Gasteiger partial charge in [-0.3, -0.25) is 0 Å². The number of hydrogen-bond acceptors (Lipinski definition) is 4. The van der Waals surface area contributed by atoms with Gasteiger partial charge in [-0.15, -0.1) is 0 Å². The van der Waals surface area contributed by atoms with Crippen LogP contribution in [-0.4, -0.2) is 36.5 Å². The molecule has 1 saturated heterocycles. The second kappa shape index (κ2) is 6.49. The van der Waals surface area contributed by atoms with Crippen LogP contribution in [0.5, 0.6) is 0 Å². The molecular weight excluding hydrogens is 288 g/mol. The van der Waals surface area contributed by atoms with Gasteiger partial charge in [-0.1, -0.05) is 0 Å². The molecule has 1 aromatic rings. The standard InChI is InChI=1S/C13H13F2NO5/c14-7-1-2-10(15)9(5-7)11(12(17)18)16-13(19)21-8-3-4-20-6-8/h1-2,5,8,11H,3-4,6H2,(H,16,19)(H,17,18). The number of benzene rings is 1. The summed E-state index contributed by atoms with van der Waals surface area (Å²) in [5.74, 6) is -3.27. The molecule has 2 N–H and O–H groups in total. The highest BCUT2D eigenvalue weighted by Gasteiger charge is 2.28. The summed E-state index contributed by atoms with van der Waals surface area (Å²) >= 11 is 0. The van der Waals surface area contributed by atoms with Gasteiger partial charge in [0.15, 0.2) is 6.04 Å². The second-order valence-corrected chi connectivity index (χ2v) is 4.47. The highest BCUT2D eigenvalue weighted by Crippen LogP contribution is 2.19. The van der Waals surface area contributed by atoms with E-state index in [1.54, 1.807) is 0 Å². The SMILES string of the molecule is O=C(NC(C(=O)O)c1cc(F)ccc1F)OC1CCOC1. The molecule has 0 aliphatic carbocycles. The van der Waals surface area contributed by atoms with Crippen molar-refractivity contribution in [1.82, 2.24) is 5.32 Å². The van der Waals surface area contributed by atoms with E-state index in [0.717, 1.165) is 12.1 Å². The van der Waals surface area contributed by atoms with Gasteiger partial charge < -0.3 is 19.9 Å². The molecule has 0 saturated carbocycles. The monoisotopic (exact) mass is 301 g/mol. The fourth-order valence-electron chi connectivity index (χ4n) is 1.92. The van der Waals surface area contributed by atoms with Crippen LogP contribution in [0.15, 0.2) is 18.2 Å². The maximum atomic E-state index is 13.6. The number of rotatable bonds is 4. The third kappa shape index (κ3) is 3.88. The van der Waals surface area contributed by atoms with Crippen molar-refractivity contribution in [2.75, 3.05) is 13.2 Å². The molecule has 1 fully saturated rings. The lowest BCUT2D eigenvalue weighted by Crippen LogP contribution is -2.36. The molecule has 21 heavy (non-hydrogen) atoms. The van der Waals surface area contributed by atoms with Gasteiger partial charge in [-0.25, -0.2) is 18.4 Å². The van der Waals surface area contributed by atoms with Crippen LogP contribution in [0.4, 0.5) is 13.6 Å². The van der Waals surface area contributed by atoms with Crippen LogP contribution in [0.3, 0.4) is 0 Å². The Kier molecular flexibility index (Phi) is 4.69. The molecule has 0 radical (unpaired) electrons. The summed E-state index contributed by atoms with van der Waals surface area (Å²) in [5, 5.41) is 11.1. The lowest BCUT2D eigenvalue weighted by Gasteiger charge is -2.17. The van der Waals surface area contributed by atoms with Crippen LogP contribution < -0.4 is 5.32 Å². The molecule has 114 valence electrons. The Hall–Kier alpha value is -2.22. The summed E-state index contributed by atoms with van der Waals surface area (Å²) in [6, 6.07) is 0.618. The Morgan fingerprint density at radius 1 is 1.43 bits per heavy atom. The zero-order chi connectivity index (χ0) is 15.4. The van der Waals surface area contributed by atoms with Crippen molar-refractivity contribution >= 4 is 12.1 Å². The van der Waals surface area contributed by atoms with E-state index in [4.69, 9.17) is 14.6 Å². The zero-order valence-corrected chi connectivity index (χ0v) is 10.8. The molecule has 1 aliphatic rings. The van der Waals surface area contributed by atoms with E-state index in [9.17, 15) is 18.4 Å². The topological polar surface area (TPSA) is 84.9 Å². The summed E-state index contributed by atoms with van der Waals surface area (Å²) in [5.41, 5.74) is -0.484. The molecule has 0 aromatic heterocycles. The molecule has 1 heterocycles. The van der Waals surface area contributed by atoms with E-state index in [0.29, 0.717) is 19.1 Å². The molecule has 0 bridgehead atoms. The van der Waals surface area contributed by atoms with Crippen LogP contribution in [0.2, 0.25) is 0 Å². The van der Waals surface area contributed by atoms with Crippen molar-refractivity contribution in [1.29, 1.82) is 0 Å². The number of hydrogen-bond donors (Lipinski definition) is 2. The zero-order valence-electron chi connectivity index (χ0n) is 10.8. The van der Waals surface area contributed by atoms with Crippen molar-refractivity contribution < 1.29 is 33.0 Å². The lowest BCUT2D eigenvalue weighted by molar-refractivity contribution is -0.139. The number of carboxylic acid groups (broad SMARTS) is 1. The predicted molar refractivity (Wildman–Crippen MR) is 65.6 cm³/mol. The third-order valence-electron chi connectivity index (χ3n) is 2.94. The van der Waals surface area contributed by atoms with Crippen LogP contribution in [0.1, 0.15) is 18.0 Å². The molecule has 1 aromatic carbocycles. The first-order chi connectivity index (χ1) is 9.97. The Labute approximate surface area is 118 Å². The van der Waals surface area contributed by atoms with Gasteiger partial charge in [0, 0.05) is 12.0 Å². The molecule has 2 unspecified atom stereocenters. The average Bonchev–Trinajstić information content (AvgIpc) is 2.91. The number of carbonyl (C=O) groups excluding carboxylic acids is 1. The second-order valence-electron chi connectivity index (χ2n) is 4.47. The summed E-state index contributed by atoms with van der Waals surface area (Å²) in [4.78, 5) is 22.8. The van der Waals surface area contributed by atoms with Crippen molar-refractivity contribution in [3.63, 3.8) is 0 Å². The molecule has 8 heteroatoms. The minimum absolute atomic E-state index is 0.222. The maximum Gasteiger partial charge on any atom is 0.408 e. The number of amides is 1. The summed E-state index contributed by atoms with van der Waals surface area (Å²) in [6.07, 6.45) is -1.00. The van der Waals surface area contributed by atoms with Gasteiger partial charge in [0.1, 0.15) is 17.7 Å². The fourth-order valence-corrected chi connectivity index (χ4v) is 1.92. The van der Waals surface area contributed by atoms with Crippen LogP contribution in [0.25, 0.3) is 0 Å². The first kappa shape index (κ1) is 15.2. The van der Waals surface area contributed by atoms with Crippen LogP contribution in [0, 0.1) is 11.6 Å². The fraction of sp³-hybridized carbons (Fsp3) is 0.385. The van der Waals surface area contributed by atoms with Gasteiger partial charge >= 0.3 is 12.1 Å². The number of carbonyl (C=O) groups is 2. The molecule has 1 aliphatic heterocycles. The maximum absolute atomic E-state index is 13.6. The Morgan fingerprint density at radius 3 is 2.81 bits per heavy atom. The number of carboxylic acids is 1. The normalized spacial score (nSPS) is 19.0. The van der Waals surface area contributed by atoms with E-state index < -0.39 is 41.4 Å². The molecule has 6 nitrogen and oxygen atoms in total. The predicted octanol–water partition coefficient (Wildman–Crippen LogP) is 1.61. The summed E-state index contributed by atoms with van der Waals surface area (Å²) in [7, 11) is 0. The number of aliphatic carboxylic acids is 1. The van der Waals surface area contributed by atoms with Gasteiger partial charge in [-0.2, -0.15) is 0 Å². The Balaban J connectivity index is 2.09. The minimum Gasteiger partial charge on any atom is -0.479 e. The highest BCUT2D eigenvalue weighted by molar-refractivity contribution is 5.81. The van der Waals surface area contributed by atoms with Crippen molar-refractivity contribution in [2.45, 2.75) is 18.6 Å². The first-order valence-electron chi connectivity index (χ1n) is 6.20. The Morgan fingerprint density at radius 2 is 2.19 bits per heavy atom. The molecule has 2 rings (SSSR count). The van der Waals surface area contributed by atoms with Gasteiger partial charge in [0.2, 0.25) is 0 Å². The quantitative estimate of drug-likeness (QED) is 0.882. The first-order valence-corrected chi connectivity index (χ1v) is 6.20. The molecule has 2 atom stereocenters. The third-order valence-corrected chi connectivity index (χ3v) is 2.94. The smallest absolute Gasteiger partial charge is 0.408 e. The number of alkyl carbamates (subject to hydrolysis) is 1. The van der Waals surface area contributed by atoms with E-state index >= 15 is 0 Å². The summed E-state index contributed by atoms with van der Waals surface area (Å²) < 4.78 is 36.6. The van der Waals surface area contributed by atoms with Crippen LogP contribution >= 0.6 is 0 Å². The molecule has 1 amide bonds. The number of ether oxygens (including phenoxy) is 2. The molecule has 0 spiro atoms. The average molecular weight is 301 g/mol. The number of halogens is 2. The Bertz CT molecular complexity index is 545. The van der Waals surface area contributed by atoms with Gasteiger partial charge in [0.05, 0.1) is 13.2 Å². The van der Waals surface area contributed by atoms with E-state index in [-0.39, 0.29) is 6.61 Å². The van der Waals surface area contributed by atoms with Crippen LogP contribution in [-0.2, 0) is 14.3 Å². The van der Waals surface area contributed by atoms with E-state index in [2.05, 4.69) is 0 Å². The molecular formula is C13H13F2NO5. The van der Waals surface area contributed by atoms with Crippen molar-refractivity contribution in [3.05, 3.63) is 35.4 Å². The number of nitrogens with one attached hydrogen (secondary N) is 1. The largest absolute Gasteiger partial charge is 0.479 e. The lowest BCUT2D eigenvalue weighted by atomic mass is 10.1. The van der Waals surface area contributed by atoms with E-state index in [1.807, 2.05) is 5.32 Å². The summed E-state index contributed by atoms with van der Waals surface area (Å²) in [6.45, 7) is 0.665. The van der Waals surface area contributed by atoms with Crippen molar-refractivity contribution in [2.24, 2.45) is 0 Å². The minimum atomic E-state index is -1.74. The van der Waals surface area contributed by atoms with Gasteiger partial charge in [-0.05, 0) is 18.2 Å². The van der Waals surface area contributed by atoms with E-state index in [1.165, 1.54) is 0 Å².